The average Bonchev–Trinajstić information content (AvgIpc) is 2.05. The number of nitrogens with two attached hydrogens (primary N) is 1. The number of allylic oxidation sites excluding steroid dienone is 1. The maximum atomic E-state index is 8.66. The summed E-state index contributed by atoms with van der Waals surface area (Å²) in [6.07, 6.45) is 2.66. The largest absolute Gasteiger partial charge is 0.403 e. The minimum Gasteiger partial charge on any atom is -0.403 e. The molecule has 0 atom stereocenters. The van der Waals surface area contributed by atoms with E-state index in [2.05, 4.69) is 11.6 Å². The molecule has 0 fully saturated rings. The zero-order valence-corrected chi connectivity index (χ0v) is 7.41. The molecule has 3 nitrogen and oxygen atoms in total. The van der Waals surface area contributed by atoms with Crippen molar-refractivity contribution >= 4 is 5.71 Å². The number of aliphatic imine (C=N–C) groups is 1. The Morgan fingerprint density at radius 3 is 2.58 bits per heavy atom. The first kappa shape index (κ1) is 10.4. The Hall–Kier alpha value is -1.56. The van der Waals surface area contributed by atoms with E-state index in [-0.39, 0.29) is 5.92 Å². The van der Waals surface area contributed by atoms with Crippen molar-refractivity contribution in [1.82, 2.24) is 0 Å². The van der Waals surface area contributed by atoms with Gasteiger partial charge in [0.15, 0.2) is 0 Å². The Kier molecular flexibility index (Phi) is 4.47. The molecule has 0 aromatic rings. The van der Waals surface area contributed by atoms with E-state index in [1.807, 2.05) is 19.9 Å². The Morgan fingerprint density at radius 1 is 1.67 bits per heavy atom. The van der Waals surface area contributed by atoms with Gasteiger partial charge in [-0.2, -0.15) is 5.26 Å². The average molecular weight is 163 g/mol. The van der Waals surface area contributed by atoms with Crippen molar-refractivity contribution in [3.8, 4) is 6.07 Å². The summed E-state index contributed by atoms with van der Waals surface area (Å²) in [5.41, 5.74) is 6.15. The van der Waals surface area contributed by atoms with Gasteiger partial charge in [-0.3, -0.25) is 0 Å². The molecular weight excluding hydrogens is 150 g/mol. The number of nitrogens with zero attached hydrogens (tertiary/aromatic N) is 2. The molecule has 0 bridgehead atoms. The predicted octanol–water partition coefficient (Wildman–Crippen LogP) is 1.59. The van der Waals surface area contributed by atoms with Crippen LogP contribution in [0.2, 0.25) is 0 Å². The third-order valence-corrected chi connectivity index (χ3v) is 1.40. The van der Waals surface area contributed by atoms with E-state index in [9.17, 15) is 0 Å². The van der Waals surface area contributed by atoms with Crippen LogP contribution in [0.1, 0.15) is 13.8 Å². The molecule has 0 saturated heterocycles. The maximum absolute atomic E-state index is 8.66. The molecule has 0 radical (unpaired) electrons. The molecule has 0 rings (SSSR count). The summed E-state index contributed by atoms with van der Waals surface area (Å²) < 4.78 is 0. The fraction of sp³-hybridized carbons (Fsp3) is 0.333. The van der Waals surface area contributed by atoms with Gasteiger partial charge in [0.05, 0.1) is 0 Å². The summed E-state index contributed by atoms with van der Waals surface area (Å²) in [5.74, 6) is 0.231. The summed E-state index contributed by atoms with van der Waals surface area (Å²) in [6, 6.07) is 1.96. The van der Waals surface area contributed by atoms with Crippen molar-refractivity contribution in [1.29, 1.82) is 5.26 Å². The summed E-state index contributed by atoms with van der Waals surface area (Å²) in [5, 5.41) is 8.66. The second-order valence-electron chi connectivity index (χ2n) is 2.61. The second-order valence-corrected chi connectivity index (χ2v) is 2.61. The monoisotopic (exact) mass is 163 g/mol. The molecule has 12 heavy (non-hydrogen) atoms. The van der Waals surface area contributed by atoms with Crippen LogP contribution in [-0.4, -0.2) is 5.71 Å². The highest BCUT2D eigenvalue weighted by molar-refractivity contribution is 6.11. The molecule has 64 valence electrons. The van der Waals surface area contributed by atoms with Gasteiger partial charge in [0.2, 0.25) is 0 Å². The van der Waals surface area contributed by atoms with E-state index in [4.69, 9.17) is 11.0 Å². The minimum atomic E-state index is 0.231. The highest BCUT2D eigenvalue weighted by Gasteiger charge is 2.06. The van der Waals surface area contributed by atoms with Crippen LogP contribution in [0.5, 0.6) is 0 Å². The van der Waals surface area contributed by atoms with Gasteiger partial charge in [0.1, 0.15) is 11.8 Å². The van der Waals surface area contributed by atoms with Crippen LogP contribution in [-0.2, 0) is 0 Å². The first-order valence-electron chi connectivity index (χ1n) is 3.67. The lowest BCUT2D eigenvalue weighted by molar-refractivity contribution is 0.807. The normalized spacial score (nSPS) is 12.0. The van der Waals surface area contributed by atoms with Gasteiger partial charge in [0, 0.05) is 12.4 Å². The first-order chi connectivity index (χ1) is 5.63. The van der Waals surface area contributed by atoms with Crippen molar-refractivity contribution < 1.29 is 0 Å². The molecular formula is C9H13N3. The van der Waals surface area contributed by atoms with Gasteiger partial charge < -0.3 is 5.73 Å². The molecule has 0 saturated carbocycles. The second kappa shape index (κ2) is 5.14. The van der Waals surface area contributed by atoms with Crippen LogP contribution in [0.25, 0.3) is 0 Å². The van der Waals surface area contributed by atoms with Gasteiger partial charge >= 0.3 is 0 Å². The van der Waals surface area contributed by atoms with Crippen LogP contribution >= 0.6 is 0 Å². The van der Waals surface area contributed by atoms with E-state index in [1.54, 1.807) is 0 Å². The Labute approximate surface area is 72.9 Å². The quantitative estimate of drug-likeness (QED) is 0.642. The Balaban J connectivity index is 4.59. The van der Waals surface area contributed by atoms with E-state index in [0.717, 1.165) is 5.57 Å². The van der Waals surface area contributed by atoms with E-state index >= 15 is 0 Å². The molecule has 0 aromatic carbocycles. The lowest BCUT2D eigenvalue weighted by atomic mass is 10.0. The van der Waals surface area contributed by atoms with E-state index in [1.165, 1.54) is 12.4 Å². The zero-order valence-electron chi connectivity index (χ0n) is 7.41. The van der Waals surface area contributed by atoms with E-state index < -0.39 is 0 Å². The molecule has 2 N–H and O–H groups in total. The van der Waals surface area contributed by atoms with Crippen molar-refractivity contribution in [3.05, 3.63) is 24.6 Å². The SMILES string of the molecule is C=C(/C(C#N)=N\C=C/N)C(C)C. The van der Waals surface area contributed by atoms with Gasteiger partial charge in [-0.15, -0.1) is 0 Å². The van der Waals surface area contributed by atoms with Crippen molar-refractivity contribution in [2.45, 2.75) is 13.8 Å². The number of rotatable bonds is 3. The summed E-state index contributed by atoms with van der Waals surface area (Å²) in [7, 11) is 0. The van der Waals surface area contributed by atoms with Crippen molar-refractivity contribution in [2.75, 3.05) is 0 Å². The molecule has 0 aliphatic heterocycles. The Morgan fingerprint density at radius 2 is 2.25 bits per heavy atom. The Bertz CT molecular complexity index is 253. The molecule has 0 aromatic heterocycles. The van der Waals surface area contributed by atoms with E-state index in [0.29, 0.717) is 5.71 Å². The van der Waals surface area contributed by atoms with Crippen LogP contribution in [0.4, 0.5) is 0 Å². The first-order valence-corrected chi connectivity index (χ1v) is 3.67. The smallest absolute Gasteiger partial charge is 0.143 e. The fourth-order valence-corrected chi connectivity index (χ4v) is 0.575. The van der Waals surface area contributed by atoms with Crippen LogP contribution in [0.3, 0.4) is 0 Å². The third kappa shape index (κ3) is 3.02. The lowest BCUT2D eigenvalue weighted by Crippen LogP contribution is -2.04. The third-order valence-electron chi connectivity index (χ3n) is 1.40. The van der Waals surface area contributed by atoms with Crippen LogP contribution < -0.4 is 5.73 Å². The number of nitriles is 1. The van der Waals surface area contributed by atoms with Crippen molar-refractivity contribution in [3.63, 3.8) is 0 Å². The van der Waals surface area contributed by atoms with Crippen LogP contribution in [0, 0.1) is 17.2 Å². The highest BCUT2D eigenvalue weighted by Crippen LogP contribution is 2.08. The van der Waals surface area contributed by atoms with Gasteiger partial charge in [-0.05, 0) is 11.5 Å². The minimum absolute atomic E-state index is 0.231. The molecule has 0 unspecified atom stereocenters. The fourth-order valence-electron chi connectivity index (χ4n) is 0.575. The van der Waals surface area contributed by atoms with Gasteiger partial charge in [0.25, 0.3) is 0 Å². The zero-order chi connectivity index (χ0) is 9.56. The summed E-state index contributed by atoms with van der Waals surface area (Å²) in [4.78, 5) is 3.83. The highest BCUT2D eigenvalue weighted by atomic mass is 14.7. The predicted molar refractivity (Wildman–Crippen MR) is 50.4 cm³/mol. The molecule has 0 aliphatic carbocycles. The number of hydrogen-bond acceptors (Lipinski definition) is 3. The topological polar surface area (TPSA) is 62.2 Å². The molecule has 0 heterocycles. The summed E-state index contributed by atoms with van der Waals surface area (Å²) >= 11 is 0. The lowest BCUT2D eigenvalue weighted by Gasteiger charge is -2.04. The van der Waals surface area contributed by atoms with Crippen LogP contribution in [0.15, 0.2) is 29.5 Å². The van der Waals surface area contributed by atoms with Crippen molar-refractivity contribution in [2.24, 2.45) is 16.6 Å². The van der Waals surface area contributed by atoms with Gasteiger partial charge in [-0.25, -0.2) is 4.99 Å². The van der Waals surface area contributed by atoms with Gasteiger partial charge in [-0.1, -0.05) is 20.4 Å². The number of hydrogen-bond donors (Lipinski definition) is 1. The maximum Gasteiger partial charge on any atom is 0.143 e. The standard InChI is InChI=1S/C9H13N3/c1-7(2)8(3)9(6-11)12-5-4-10/h4-5,7H,3,10H2,1-2H3/b5-4-,12-9-. The molecule has 3 heteroatoms. The molecule has 0 amide bonds. The molecule has 0 spiro atoms. The summed E-state index contributed by atoms with van der Waals surface area (Å²) in [6.45, 7) is 7.67. The molecule has 0 aliphatic rings.